The number of rotatable bonds is 1. The largest absolute Gasteiger partial charge is 0.481 e. The summed E-state index contributed by atoms with van der Waals surface area (Å²) < 4.78 is 0. The molecule has 0 saturated carbocycles. The first-order valence-corrected chi connectivity index (χ1v) is 3.48. The predicted octanol–water partition coefficient (Wildman–Crippen LogP) is -0.570. The Labute approximate surface area is 80.7 Å². The van der Waals surface area contributed by atoms with E-state index in [4.69, 9.17) is 15.9 Å². The third-order valence-electron chi connectivity index (χ3n) is 1.95. The number of carbonyl (C=O) groups is 2. The molecule has 1 heterocycles. The van der Waals surface area contributed by atoms with Gasteiger partial charge in [-0.3, -0.25) is 4.79 Å². The molecule has 1 saturated heterocycles. The molecule has 0 aromatic heterocycles. The molecular formula is C6H11ClN2O4. The molecule has 6 nitrogen and oxygen atoms in total. The number of hydrogen-bond acceptors (Lipinski definition) is 3. The highest BCUT2D eigenvalue weighted by Crippen LogP contribution is 2.15. The average molecular weight is 211 g/mol. The number of amides is 1. The first-order chi connectivity index (χ1) is 5.52. The van der Waals surface area contributed by atoms with Crippen molar-refractivity contribution >= 4 is 24.5 Å². The fourth-order valence-corrected chi connectivity index (χ4v) is 1.25. The summed E-state index contributed by atoms with van der Waals surface area (Å²) in [6.45, 7) is 0.0954. The van der Waals surface area contributed by atoms with E-state index in [2.05, 4.69) is 0 Å². The topological polar surface area (TPSA) is 104 Å². The van der Waals surface area contributed by atoms with Crippen LogP contribution in [0.1, 0.15) is 0 Å². The van der Waals surface area contributed by atoms with E-state index in [1.165, 1.54) is 0 Å². The number of carboxylic acids is 1. The minimum atomic E-state index is -1.12. The Balaban J connectivity index is 0.00000144. The molecule has 1 fully saturated rings. The van der Waals surface area contributed by atoms with Crippen molar-refractivity contribution < 1.29 is 19.8 Å². The summed E-state index contributed by atoms with van der Waals surface area (Å²) in [4.78, 5) is 21.9. The van der Waals surface area contributed by atoms with Gasteiger partial charge >= 0.3 is 12.1 Å². The Hall–Kier alpha value is -1.01. The second kappa shape index (κ2) is 4.29. The normalized spacial score (nSPS) is 26.7. The van der Waals surface area contributed by atoms with Crippen LogP contribution in [-0.2, 0) is 4.79 Å². The molecule has 0 spiro atoms. The lowest BCUT2D eigenvalue weighted by molar-refractivity contribution is -0.141. The number of nitrogens with zero attached hydrogens (tertiary/aromatic N) is 1. The Morgan fingerprint density at radius 3 is 2.08 bits per heavy atom. The molecule has 0 aromatic carbocycles. The van der Waals surface area contributed by atoms with E-state index in [-0.39, 0.29) is 25.5 Å². The molecule has 4 N–H and O–H groups in total. The molecule has 1 rings (SSSR count). The molecule has 1 amide bonds. The van der Waals surface area contributed by atoms with Crippen molar-refractivity contribution in [3.8, 4) is 0 Å². The number of carboxylic acid groups (broad SMARTS) is 2. The highest BCUT2D eigenvalue weighted by atomic mass is 35.5. The highest BCUT2D eigenvalue weighted by Gasteiger charge is 2.37. The van der Waals surface area contributed by atoms with Gasteiger partial charge in [0.25, 0.3) is 0 Å². The molecule has 0 unspecified atom stereocenters. The van der Waals surface area contributed by atoms with Crippen LogP contribution in [0.25, 0.3) is 0 Å². The molecule has 0 radical (unpaired) electrons. The van der Waals surface area contributed by atoms with Gasteiger partial charge in [0.2, 0.25) is 0 Å². The molecule has 7 heteroatoms. The lowest BCUT2D eigenvalue weighted by Gasteiger charge is -2.08. The van der Waals surface area contributed by atoms with Gasteiger partial charge in [0, 0.05) is 19.1 Å². The summed E-state index contributed by atoms with van der Waals surface area (Å²) in [6.07, 6.45) is -1.12. The van der Waals surface area contributed by atoms with Crippen molar-refractivity contribution in [1.82, 2.24) is 4.90 Å². The molecule has 13 heavy (non-hydrogen) atoms. The van der Waals surface area contributed by atoms with Crippen LogP contribution in [0.4, 0.5) is 4.79 Å². The average Bonchev–Trinajstić information content (AvgIpc) is 2.30. The van der Waals surface area contributed by atoms with Gasteiger partial charge in [-0.1, -0.05) is 0 Å². The number of halogens is 1. The third-order valence-corrected chi connectivity index (χ3v) is 1.95. The van der Waals surface area contributed by atoms with E-state index >= 15 is 0 Å². The molecule has 76 valence electrons. The maximum atomic E-state index is 10.5. The van der Waals surface area contributed by atoms with Crippen LogP contribution in [0.5, 0.6) is 0 Å². The summed E-state index contributed by atoms with van der Waals surface area (Å²) in [6, 6.07) is -0.585. The van der Waals surface area contributed by atoms with Crippen LogP contribution in [0.3, 0.4) is 0 Å². The van der Waals surface area contributed by atoms with Crippen molar-refractivity contribution in [1.29, 1.82) is 0 Å². The Kier molecular flexibility index (Phi) is 3.96. The van der Waals surface area contributed by atoms with Crippen LogP contribution in [0, 0.1) is 5.92 Å². The molecule has 0 bridgehead atoms. The molecule has 0 aliphatic carbocycles. The fourth-order valence-electron chi connectivity index (χ4n) is 1.25. The van der Waals surface area contributed by atoms with Crippen molar-refractivity contribution in [2.75, 3.05) is 13.1 Å². The zero-order valence-electron chi connectivity index (χ0n) is 6.71. The molecule has 0 aromatic rings. The SMILES string of the molecule is Cl.N[C@@H]1CN(C(=O)O)C[C@H]1C(=O)O. The van der Waals surface area contributed by atoms with Gasteiger partial charge < -0.3 is 20.8 Å². The van der Waals surface area contributed by atoms with Crippen molar-refractivity contribution in [3.63, 3.8) is 0 Å². The zero-order chi connectivity index (χ0) is 9.30. The lowest BCUT2D eigenvalue weighted by Crippen LogP contribution is -2.34. The van der Waals surface area contributed by atoms with Crippen LogP contribution >= 0.6 is 12.4 Å². The van der Waals surface area contributed by atoms with Crippen LogP contribution < -0.4 is 5.73 Å². The lowest BCUT2D eigenvalue weighted by atomic mass is 10.1. The van der Waals surface area contributed by atoms with Gasteiger partial charge in [-0.05, 0) is 0 Å². The van der Waals surface area contributed by atoms with Crippen molar-refractivity contribution in [3.05, 3.63) is 0 Å². The molecule has 1 aliphatic heterocycles. The first kappa shape index (κ1) is 12.0. The second-order valence-electron chi connectivity index (χ2n) is 2.80. The summed E-state index contributed by atoms with van der Waals surface area (Å²) >= 11 is 0. The van der Waals surface area contributed by atoms with Crippen molar-refractivity contribution in [2.45, 2.75) is 6.04 Å². The smallest absolute Gasteiger partial charge is 0.407 e. The quantitative estimate of drug-likeness (QED) is 0.538. The first-order valence-electron chi connectivity index (χ1n) is 3.48. The van der Waals surface area contributed by atoms with Gasteiger partial charge in [0.1, 0.15) is 0 Å². The predicted molar refractivity (Wildman–Crippen MR) is 45.9 cm³/mol. The summed E-state index contributed by atoms with van der Waals surface area (Å²) in [5.74, 6) is -1.80. The molecule has 1 aliphatic rings. The monoisotopic (exact) mass is 210 g/mol. The van der Waals surface area contributed by atoms with Crippen LogP contribution in [-0.4, -0.2) is 46.3 Å². The number of nitrogens with two attached hydrogens (primary N) is 1. The highest BCUT2D eigenvalue weighted by molar-refractivity contribution is 5.85. The van der Waals surface area contributed by atoms with E-state index < -0.39 is 24.0 Å². The van der Waals surface area contributed by atoms with Gasteiger partial charge in [-0.2, -0.15) is 0 Å². The summed E-state index contributed by atoms with van der Waals surface area (Å²) in [7, 11) is 0. The van der Waals surface area contributed by atoms with Gasteiger partial charge in [0.15, 0.2) is 0 Å². The molecule has 2 atom stereocenters. The standard InChI is InChI=1S/C6H10N2O4.ClH/c7-4-2-8(6(11)12)1-3(4)5(9)10;/h3-4H,1-2,7H2,(H,9,10)(H,11,12);1H/t3-,4-;/m1./s1. The zero-order valence-corrected chi connectivity index (χ0v) is 7.53. The van der Waals surface area contributed by atoms with Crippen LogP contribution in [0.2, 0.25) is 0 Å². The summed E-state index contributed by atoms with van der Waals surface area (Å²) in [5, 5.41) is 17.1. The van der Waals surface area contributed by atoms with E-state index in [1.807, 2.05) is 0 Å². The summed E-state index contributed by atoms with van der Waals surface area (Å²) in [5.41, 5.74) is 5.42. The maximum Gasteiger partial charge on any atom is 0.407 e. The maximum absolute atomic E-state index is 10.5. The second-order valence-corrected chi connectivity index (χ2v) is 2.80. The van der Waals surface area contributed by atoms with Crippen LogP contribution in [0.15, 0.2) is 0 Å². The van der Waals surface area contributed by atoms with E-state index in [0.717, 1.165) is 4.90 Å². The van der Waals surface area contributed by atoms with Gasteiger partial charge in [-0.15, -0.1) is 12.4 Å². The number of likely N-dealkylation sites (tertiary alicyclic amines) is 1. The molecular weight excluding hydrogens is 200 g/mol. The van der Waals surface area contributed by atoms with E-state index in [0.29, 0.717) is 0 Å². The Bertz CT molecular complexity index is 223. The van der Waals surface area contributed by atoms with Gasteiger partial charge in [-0.25, -0.2) is 4.79 Å². The number of hydrogen-bond donors (Lipinski definition) is 3. The fraction of sp³-hybridized carbons (Fsp3) is 0.667. The Morgan fingerprint density at radius 2 is 1.85 bits per heavy atom. The minimum absolute atomic E-state index is 0. The Morgan fingerprint density at radius 1 is 1.31 bits per heavy atom. The number of aliphatic carboxylic acids is 1. The van der Waals surface area contributed by atoms with E-state index in [9.17, 15) is 9.59 Å². The van der Waals surface area contributed by atoms with E-state index in [1.54, 1.807) is 0 Å². The van der Waals surface area contributed by atoms with Crippen molar-refractivity contribution in [2.24, 2.45) is 11.7 Å². The van der Waals surface area contributed by atoms with Gasteiger partial charge in [0.05, 0.1) is 5.92 Å². The third kappa shape index (κ3) is 2.46. The minimum Gasteiger partial charge on any atom is -0.481 e.